The third-order valence-electron chi connectivity index (χ3n) is 6.91. The Bertz CT molecular complexity index is 1060. The molecule has 11 heteroatoms. The monoisotopic (exact) mass is 605 g/mol. The number of aliphatic hydroxyl groups is 2. The number of Topliss-reactive ketones (excluding diaryl/α,β-unsaturated/α-hetero) is 1. The normalized spacial score (nSPS) is 19.7. The molecule has 2 heterocycles. The van der Waals surface area contributed by atoms with Crippen molar-refractivity contribution in [1.29, 1.82) is 0 Å². The molecule has 3 unspecified atom stereocenters. The van der Waals surface area contributed by atoms with E-state index in [9.17, 15) is 19.5 Å². The molecular formula is C32H47BN2NaO7. The van der Waals surface area contributed by atoms with E-state index >= 15 is 0 Å². The van der Waals surface area contributed by atoms with Gasteiger partial charge in [-0.15, -0.1) is 0 Å². The van der Waals surface area contributed by atoms with E-state index < -0.39 is 0 Å². The Morgan fingerprint density at radius 1 is 0.860 bits per heavy atom. The third kappa shape index (κ3) is 15.8. The zero-order chi connectivity index (χ0) is 30.0. The van der Waals surface area contributed by atoms with Crippen molar-refractivity contribution in [3.05, 3.63) is 71.8 Å². The van der Waals surface area contributed by atoms with Gasteiger partial charge in [0.2, 0.25) is 0 Å². The molecule has 2 aliphatic rings. The minimum atomic E-state index is -0.328. The molecule has 0 aliphatic carbocycles. The van der Waals surface area contributed by atoms with Crippen LogP contribution in [0, 0.1) is 11.8 Å². The van der Waals surface area contributed by atoms with Gasteiger partial charge in [-0.2, -0.15) is 0 Å². The van der Waals surface area contributed by atoms with Crippen LogP contribution in [0.2, 0.25) is 0 Å². The van der Waals surface area contributed by atoms with Gasteiger partial charge in [0, 0.05) is 53.5 Å². The number of nitrogens with zero attached hydrogens (tertiary/aromatic N) is 2. The molecule has 2 aliphatic heterocycles. The molecule has 2 aromatic rings. The molecule has 2 N–H and O–H groups in total. The number of benzene rings is 2. The van der Waals surface area contributed by atoms with Gasteiger partial charge >= 0.3 is 41.7 Å². The summed E-state index contributed by atoms with van der Waals surface area (Å²) in [6, 6.07) is 19.2. The van der Waals surface area contributed by atoms with Crippen LogP contribution in [-0.2, 0) is 27.5 Å². The van der Waals surface area contributed by atoms with Gasteiger partial charge in [-0.3, -0.25) is 4.79 Å². The van der Waals surface area contributed by atoms with E-state index in [-0.39, 0.29) is 88.5 Å². The molecule has 3 radical (unpaired) electrons. The van der Waals surface area contributed by atoms with Crippen molar-refractivity contribution in [1.82, 2.24) is 9.80 Å². The summed E-state index contributed by atoms with van der Waals surface area (Å²) < 4.78 is 10.6. The van der Waals surface area contributed by atoms with Gasteiger partial charge in [0.25, 0.3) is 0 Å². The predicted molar refractivity (Wildman–Crippen MR) is 164 cm³/mol. The Labute approximate surface area is 282 Å². The number of amides is 2. The first kappa shape index (κ1) is 40.6. The number of likely N-dealkylation sites (tertiary alicyclic amines) is 2. The first-order chi connectivity index (χ1) is 19.7. The summed E-state index contributed by atoms with van der Waals surface area (Å²) in [5, 5.41) is 17.4. The average Bonchev–Trinajstić information content (AvgIpc) is 3.26. The van der Waals surface area contributed by atoms with Crippen molar-refractivity contribution in [3.8, 4) is 0 Å². The van der Waals surface area contributed by atoms with E-state index in [1.165, 1.54) is 0 Å². The maximum atomic E-state index is 12.0. The van der Waals surface area contributed by atoms with Gasteiger partial charge in [0.1, 0.15) is 19.0 Å². The minimum Gasteiger partial charge on any atom is -1.00 e. The van der Waals surface area contributed by atoms with Gasteiger partial charge in [-0.25, -0.2) is 9.59 Å². The fraction of sp³-hybridized carbons (Fsp3) is 0.531. The molecular weight excluding hydrogens is 558 g/mol. The minimum absolute atomic E-state index is 0. The summed E-state index contributed by atoms with van der Waals surface area (Å²) in [5.74, 6) is 0.247. The molecule has 4 rings (SSSR count). The number of rotatable bonds is 4. The van der Waals surface area contributed by atoms with E-state index in [4.69, 9.17) is 14.6 Å². The Hall–Kier alpha value is -2.37. The number of carbonyl (C=O) groups is 3. The molecule has 2 saturated heterocycles. The standard InChI is InChI=1S/C15H21NO3.C15H19NO3.C2H6O.B.Na.H/c2*1-12-10-16(9-5-8-14(12)17)15(18)19-11-13-6-3-2-4-7-13;1-2-3;;;/h2-4,6-7,12,14,17H,5,8-11H2,1H3;2-4,6-7,12H,5,8-11H2,1H3;3H,2H2,1H3;;;/q;;;;+1;-1. The molecule has 3 atom stereocenters. The molecule has 2 fully saturated rings. The van der Waals surface area contributed by atoms with Gasteiger partial charge < -0.3 is 30.9 Å². The molecule has 2 amide bonds. The van der Waals surface area contributed by atoms with E-state index in [2.05, 4.69) is 0 Å². The third-order valence-corrected chi connectivity index (χ3v) is 6.91. The second-order valence-electron chi connectivity index (χ2n) is 10.4. The van der Waals surface area contributed by atoms with Crippen molar-refractivity contribution in [2.24, 2.45) is 11.8 Å². The number of ether oxygens (including phenoxy) is 2. The van der Waals surface area contributed by atoms with Crippen LogP contribution in [0.25, 0.3) is 0 Å². The molecule has 9 nitrogen and oxygen atoms in total. The van der Waals surface area contributed by atoms with Crippen molar-refractivity contribution in [2.45, 2.75) is 65.8 Å². The largest absolute Gasteiger partial charge is 1.00 e. The van der Waals surface area contributed by atoms with Crippen LogP contribution < -0.4 is 29.6 Å². The Morgan fingerprint density at radius 3 is 1.79 bits per heavy atom. The van der Waals surface area contributed by atoms with Crippen LogP contribution in [0.4, 0.5) is 9.59 Å². The molecule has 43 heavy (non-hydrogen) atoms. The van der Waals surface area contributed by atoms with Gasteiger partial charge in [-0.1, -0.05) is 74.5 Å². The summed E-state index contributed by atoms with van der Waals surface area (Å²) in [6.45, 7) is 8.63. The zero-order valence-corrected chi connectivity index (χ0v) is 28.2. The van der Waals surface area contributed by atoms with E-state index in [1.807, 2.05) is 74.5 Å². The molecule has 0 bridgehead atoms. The van der Waals surface area contributed by atoms with Crippen LogP contribution >= 0.6 is 0 Å². The number of carbonyl (C=O) groups excluding carboxylic acids is 3. The summed E-state index contributed by atoms with van der Waals surface area (Å²) in [5.41, 5.74) is 1.95. The fourth-order valence-electron chi connectivity index (χ4n) is 4.50. The second-order valence-corrected chi connectivity index (χ2v) is 10.4. The molecule has 0 aromatic heterocycles. The van der Waals surface area contributed by atoms with Crippen molar-refractivity contribution < 1.29 is 65.1 Å². The summed E-state index contributed by atoms with van der Waals surface area (Å²) in [4.78, 5) is 38.9. The van der Waals surface area contributed by atoms with Crippen LogP contribution in [0.3, 0.4) is 0 Å². The Morgan fingerprint density at radius 2 is 1.30 bits per heavy atom. The van der Waals surface area contributed by atoms with Crippen LogP contribution in [-0.4, -0.2) is 85.3 Å². The Balaban J connectivity index is 0. The first-order valence-corrected chi connectivity index (χ1v) is 14.5. The van der Waals surface area contributed by atoms with Crippen molar-refractivity contribution in [2.75, 3.05) is 32.8 Å². The quantitative estimate of drug-likeness (QED) is 0.511. The van der Waals surface area contributed by atoms with Crippen molar-refractivity contribution in [3.63, 3.8) is 0 Å². The molecule has 0 saturated carbocycles. The maximum absolute atomic E-state index is 12.0. The number of aliphatic hydroxyl groups excluding tert-OH is 2. The van der Waals surface area contributed by atoms with Gasteiger partial charge in [-0.05, 0) is 43.2 Å². The maximum Gasteiger partial charge on any atom is 1.00 e. The van der Waals surface area contributed by atoms with E-state index in [1.54, 1.807) is 16.7 Å². The number of hydrogen-bond donors (Lipinski definition) is 2. The topological polar surface area (TPSA) is 117 Å². The summed E-state index contributed by atoms with van der Waals surface area (Å²) in [6.07, 6.45) is 1.94. The molecule has 0 spiro atoms. The van der Waals surface area contributed by atoms with Gasteiger partial charge in [0.05, 0.1) is 6.10 Å². The smallest absolute Gasteiger partial charge is 1.00 e. The van der Waals surface area contributed by atoms with Crippen LogP contribution in [0.5, 0.6) is 0 Å². The molecule has 2 aromatic carbocycles. The van der Waals surface area contributed by atoms with E-state index in [0.717, 1.165) is 30.4 Å². The zero-order valence-electron chi connectivity index (χ0n) is 27.2. The summed E-state index contributed by atoms with van der Waals surface area (Å²) in [7, 11) is 0. The number of hydrogen-bond acceptors (Lipinski definition) is 7. The molecule has 231 valence electrons. The van der Waals surface area contributed by atoms with Crippen LogP contribution in [0.15, 0.2) is 60.7 Å². The Kier molecular flexibility index (Phi) is 21.8. The predicted octanol–water partition coefficient (Wildman–Crippen LogP) is 1.77. The fourth-order valence-corrected chi connectivity index (χ4v) is 4.50. The average molecular weight is 606 g/mol. The van der Waals surface area contributed by atoms with Crippen molar-refractivity contribution >= 4 is 26.4 Å². The summed E-state index contributed by atoms with van der Waals surface area (Å²) >= 11 is 0. The second kappa shape index (κ2) is 23.1. The first-order valence-electron chi connectivity index (χ1n) is 14.5. The van der Waals surface area contributed by atoms with E-state index in [0.29, 0.717) is 39.2 Å². The van der Waals surface area contributed by atoms with Gasteiger partial charge in [0.15, 0.2) is 0 Å². The SMILES string of the molecule is CC1CN(C(=O)OCc2ccccc2)CCCC1=O.CC1CN(C(=O)OCc2ccccc2)CCCC1O.CCO.[B].[H-].[Na+]. The van der Waals surface area contributed by atoms with Crippen LogP contribution in [0.1, 0.15) is 59.0 Å². The number of ketones is 1.